The smallest absolute Gasteiger partial charge is 0.254 e. The Bertz CT molecular complexity index is 366. The number of nitrogen functional groups attached to an aromatic ring is 1. The zero-order valence-electron chi connectivity index (χ0n) is 7.93. The van der Waals surface area contributed by atoms with Gasteiger partial charge >= 0.3 is 0 Å². The SMILES string of the molecule is CNC(=O)c1cc(Cl)c(N)cc1OC. The van der Waals surface area contributed by atoms with Crippen molar-refractivity contribution in [1.29, 1.82) is 0 Å². The van der Waals surface area contributed by atoms with Crippen molar-refractivity contribution < 1.29 is 9.53 Å². The van der Waals surface area contributed by atoms with Gasteiger partial charge in [0.05, 0.1) is 23.4 Å². The number of rotatable bonds is 2. The third-order valence-electron chi connectivity index (χ3n) is 1.79. The Kier molecular flexibility index (Phi) is 3.19. The molecule has 5 heteroatoms. The lowest BCUT2D eigenvalue weighted by atomic mass is 10.1. The van der Waals surface area contributed by atoms with E-state index in [1.54, 1.807) is 0 Å². The van der Waals surface area contributed by atoms with Crippen molar-refractivity contribution in [2.24, 2.45) is 0 Å². The maximum absolute atomic E-state index is 11.4. The Morgan fingerprint density at radius 1 is 1.57 bits per heavy atom. The summed E-state index contributed by atoms with van der Waals surface area (Å²) in [6.07, 6.45) is 0. The van der Waals surface area contributed by atoms with Gasteiger partial charge in [0.1, 0.15) is 5.75 Å². The van der Waals surface area contributed by atoms with Crippen molar-refractivity contribution in [2.75, 3.05) is 19.9 Å². The third kappa shape index (κ3) is 1.90. The van der Waals surface area contributed by atoms with Gasteiger partial charge in [-0.05, 0) is 6.07 Å². The Balaban J connectivity index is 3.27. The van der Waals surface area contributed by atoms with Crippen molar-refractivity contribution in [3.8, 4) is 5.75 Å². The molecule has 0 aliphatic rings. The lowest BCUT2D eigenvalue weighted by molar-refractivity contribution is 0.0960. The van der Waals surface area contributed by atoms with Gasteiger partial charge in [-0.2, -0.15) is 0 Å². The molecule has 0 spiro atoms. The number of carbonyl (C=O) groups is 1. The van der Waals surface area contributed by atoms with Crippen LogP contribution in [0.15, 0.2) is 12.1 Å². The number of nitrogens with two attached hydrogens (primary N) is 1. The summed E-state index contributed by atoms with van der Waals surface area (Å²) >= 11 is 5.78. The number of hydrogen-bond acceptors (Lipinski definition) is 3. The second kappa shape index (κ2) is 4.19. The highest BCUT2D eigenvalue weighted by Gasteiger charge is 2.13. The van der Waals surface area contributed by atoms with Gasteiger partial charge in [-0.1, -0.05) is 11.6 Å². The molecule has 0 unspecified atom stereocenters. The Morgan fingerprint density at radius 2 is 2.21 bits per heavy atom. The van der Waals surface area contributed by atoms with E-state index in [1.165, 1.54) is 26.3 Å². The van der Waals surface area contributed by atoms with Gasteiger partial charge in [-0.3, -0.25) is 4.79 Å². The van der Waals surface area contributed by atoms with Crippen molar-refractivity contribution in [3.05, 3.63) is 22.7 Å². The van der Waals surface area contributed by atoms with Gasteiger partial charge in [0.2, 0.25) is 0 Å². The van der Waals surface area contributed by atoms with E-state index in [2.05, 4.69) is 5.32 Å². The molecule has 3 N–H and O–H groups in total. The fourth-order valence-electron chi connectivity index (χ4n) is 1.05. The van der Waals surface area contributed by atoms with E-state index >= 15 is 0 Å². The van der Waals surface area contributed by atoms with E-state index in [0.29, 0.717) is 22.0 Å². The van der Waals surface area contributed by atoms with Crippen LogP contribution < -0.4 is 15.8 Å². The highest BCUT2D eigenvalue weighted by Crippen LogP contribution is 2.28. The molecule has 1 rings (SSSR count). The van der Waals surface area contributed by atoms with Crippen LogP contribution in [-0.2, 0) is 0 Å². The Morgan fingerprint density at radius 3 is 2.71 bits per heavy atom. The lowest BCUT2D eigenvalue weighted by Crippen LogP contribution is -2.18. The predicted octanol–water partition coefficient (Wildman–Crippen LogP) is 1.29. The summed E-state index contributed by atoms with van der Waals surface area (Å²) in [5, 5.41) is 2.82. The Labute approximate surface area is 87.0 Å². The molecule has 0 heterocycles. The number of ether oxygens (including phenoxy) is 1. The van der Waals surface area contributed by atoms with Gasteiger partial charge in [0, 0.05) is 13.1 Å². The molecule has 0 saturated carbocycles. The van der Waals surface area contributed by atoms with Crippen LogP contribution >= 0.6 is 11.6 Å². The number of benzene rings is 1. The summed E-state index contributed by atoms with van der Waals surface area (Å²) in [6.45, 7) is 0. The fraction of sp³-hybridized carbons (Fsp3) is 0.222. The number of carbonyl (C=O) groups excluding carboxylic acids is 1. The highest BCUT2D eigenvalue weighted by atomic mass is 35.5. The van der Waals surface area contributed by atoms with Crippen LogP contribution in [0.2, 0.25) is 5.02 Å². The monoisotopic (exact) mass is 214 g/mol. The minimum Gasteiger partial charge on any atom is -0.496 e. The van der Waals surface area contributed by atoms with E-state index in [4.69, 9.17) is 22.1 Å². The van der Waals surface area contributed by atoms with Crippen LogP contribution in [0.4, 0.5) is 5.69 Å². The van der Waals surface area contributed by atoms with E-state index in [-0.39, 0.29) is 5.91 Å². The van der Waals surface area contributed by atoms with Crippen molar-refractivity contribution >= 4 is 23.2 Å². The second-order valence-electron chi connectivity index (χ2n) is 2.65. The molecule has 1 aromatic rings. The average molecular weight is 215 g/mol. The molecule has 4 nitrogen and oxygen atoms in total. The van der Waals surface area contributed by atoms with Gasteiger partial charge in [0.25, 0.3) is 5.91 Å². The van der Waals surface area contributed by atoms with E-state index < -0.39 is 0 Å². The molecule has 0 fully saturated rings. The normalized spacial score (nSPS) is 9.64. The molecular weight excluding hydrogens is 204 g/mol. The minimum absolute atomic E-state index is 0.260. The molecule has 0 radical (unpaired) electrons. The van der Waals surface area contributed by atoms with Crippen molar-refractivity contribution in [3.63, 3.8) is 0 Å². The first-order valence-corrected chi connectivity index (χ1v) is 4.33. The molecule has 14 heavy (non-hydrogen) atoms. The number of nitrogens with one attached hydrogen (secondary N) is 1. The first-order chi connectivity index (χ1) is 6.60. The number of hydrogen-bond donors (Lipinski definition) is 2. The van der Waals surface area contributed by atoms with Crippen molar-refractivity contribution in [2.45, 2.75) is 0 Å². The van der Waals surface area contributed by atoms with Crippen LogP contribution in [0.25, 0.3) is 0 Å². The molecule has 0 aliphatic heterocycles. The molecule has 0 aromatic heterocycles. The van der Waals surface area contributed by atoms with Gasteiger partial charge in [-0.25, -0.2) is 0 Å². The van der Waals surface area contributed by atoms with Gasteiger partial charge < -0.3 is 15.8 Å². The largest absolute Gasteiger partial charge is 0.496 e. The van der Waals surface area contributed by atoms with Crippen LogP contribution in [-0.4, -0.2) is 20.1 Å². The Hall–Kier alpha value is -1.42. The number of anilines is 1. The van der Waals surface area contributed by atoms with Crippen LogP contribution in [0.1, 0.15) is 10.4 Å². The third-order valence-corrected chi connectivity index (χ3v) is 2.12. The molecule has 0 saturated heterocycles. The number of halogens is 1. The van der Waals surface area contributed by atoms with Crippen LogP contribution in [0.3, 0.4) is 0 Å². The summed E-state index contributed by atoms with van der Waals surface area (Å²) < 4.78 is 5.00. The summed E-state index contributed by atoms with van der Waals surface area (Å²) in [6, 6.07) is 3.00. The molecule has 1 aromatic carbocycles. The topological polar surface area (TPSA) is 64.4 Å². The molecule has 1 amide bonds. The number of amides is 1. The van der Waals surface area contributed by atoms with Gasteiger partial charge in [0.15, 0.2) is 0 Å². The molecule has 0 atom stereocenters. The summed E-state index contributed by atoms with van der Waals surface area (Å²) in [5.41, 5.74) is 6.32. The van der Waals surface area contributed by atoms with Gasteiger partial charge in [-0.15, -0.1) is 0 Å². The zero-order valence-corrected chi connectivity index (χ0v) is 8.68. The lowest BCUT2D eigenvalue weighted by Gasteiger charge is -2.09. The van der Waals surface area contributed by atoms with Crippen LogP contribution in [0, 0.1) is 0 Å². The average Bonchev–Trinajstić information content (AvgIpc) is 2.20. The standard InChI is InChI=1S/C9H11ClN2O2/c1-12-9(13)5-3-6(10)7(11)4-8(5)14-2/h3-4H,11H2,1-2H3,(H,12,13). The van der Waals surface area contributed by atoms with E-state index in [1.807, 2.05) is 0 Å². The molecule has 0 bridgehead atoms. The summed E-state index contributed by atoms with van der Waals surface area (Å²) in [5.74, 6) is 0.148. The van der Waals surface area contributed by atoms with Crippen molar-refractivity contribution in [1.82, 2.24) is 5.32 Å². The number of methoxy groups -OCH3 is 1. The first kappa shape index (κ1) is 10.7. The highest BCUT2D eigenvalue weighted by molar-refractivity contribution is 6.33. The summed E-state index contributed by atoms with van der Waals surface area (Å²) in [4.78, 5) is 11.4. The molecular formula is C9H11ClN2O2. The zero-order chi connectivity index (χ0) is 10.7. The van der Waals surface area contributed by atoms with E-state index in [0.717, 1.165) is 0 Å². The van der Waals surface area contributed by atoms with Crippen LogP contribution in [0.5, 0.6) is 5.75 Å². The molecule has 0 aliphatic carbocycles. The maximum atomic E-state index is 11.4. The minimum atomic E-state index is -0.260. The predicted molar refractivity (Wildman–Crippen MR) is 55.8 cm³/mol. The van der Waals surface area contributed by atoms with E-state index in [9.17, 15) is 4.79 Å². The summed E-state index contributed by atoms with van der Waals surface area (Å²) in [7, 11) is 3.00. The quantitative estimate of drug-likeness (QED) is 0.730. The fourth-order valence-corrected chi connectivity index (χ4v) is 1.21. The first-order valence-electron chi connectivity index (χ1n) is 3.95. The second-order valence-corrected chi connectivity index (χ2v) is 3.06. The molecule has 76 valence electrons. The maximum Gasteiger partial charge on any atom is 0.254 e.